The van der Waals surface area contributed by atoms with E-state index in [2.05, 4.69) is 19.9 Å². The maximum atomic E-state index is 8.63. The van der Waals surface area contributed by atoms with Crippen molar-refractivity contribution in [1.29, 1.82) is 0 Å². The third-order valence-corrected chi connectivity index (χ3v) is 3.49. The second-order valence-corrected chi connectivity index (χ2v) is 6.13. The van der Waals surface area contributed by atoms with E-state index in [-0.39, 0.29) is 10.6 Å². The number of aromatic nitrogens is 4. The van der Waals surface area contributed by atoms with Gasteiger partial charge >= 0.3 is 0 Å². The molecule has 2 heterocycles. The Morgan fingerprint density at radius 3 is 1.52 bits per heavy atom. The number of hydrogen-bond acceptors (Lipinski definition) is 6. The molecule has 0 bridgehead atoms. The molecule has 0 saturated heterocycles. The molecule has 0 aliphatic heterocycles. The third kappa shape index (κ3) is 15.5. The van der Waals surface area contributed by atoms with Crippen molar-refractivity contribution in [1.82, 2.24) is 19.9 Å². The summed E-state index contributed by atoms with van der Waals surface area (Å²) >= 11 is 16.4. The molecule has 6 nitrogen and oxygen atoms in total. The predicted molar refractivity (Wildman–Crippen MR) is 136 cm³/mol. The second-order valence-electron chi connectivity index (χ2n) is 5.06. The van der Waals surface area contributed by atoms with Gasteiger partial charge in [-0.05, 0) is 53.5 Å². The van der Waals surface area contributed by atoms with Gasteiger partial charge in [0.2, 0.25) is 16.4 Å². The molecule has 9 heteroatoms. The Bertz CT molecular complexity index is 978. The molecule has 0 fully saturated rings. The molecule has 0 atom stereocenters. The third-order valence-electron chi connectivity index (χ3n) is 2.91. The first kappa shape index (κ1) is 30.1. The fourth-order valence-electron chi connectivity index (χ4n) is 1.73. The molecule has 2 aromatic carbocycles. The minimum atomic E-state index is 0.178. The largest absolute Gasteiger partial charge is 0.508 e. The molecule has 0 unspecified atom stereocenters. The van der Waals surface area contributed by atoms with Crippen LogP contribution in [0.25, 0.3) is 0 Å². The summed E-state index contributed by atoms with van der Waals surface area (Å²) in [5.74, 6) is 1.49. The molecule has 4 rings (SSSR count). The summed E-state index contributed by atoms with van der Waals surface area (Å²) in [4.78, 5) is 14.9. The van der Waals surface area contributed by atoms with E-state index in [1.807, 2.05) is 64.1 Å². The lowest BCUT2D eigenvalue weighted by Gasteiger charge is -2.02. The number of benzene rings is 2. The van der Waals surface area contributed by atoms with Crippen molar-refractivity contribution in [2.24, 2.45) is 0 Å². The molecule has 1 N–H and O–H groups in total. The molecule has 2 aromatic heterocycles. The van der Waals surface area contributed by atoms with Crippen molar-refractivity contribution in [2.75, 3.05) is 0 Å². The van der Waals surface area contributed by atoms with Gasteiger partial charge in [-0.1, -0.05) is 75.7 Å². The molecule has 0 spiro atoms. The van der Waals surface area contributed by atoms with E-state index in [1.165, 1.54) is 6.20 Å². The van der Waals surface area contributed by atoms with Crippen molar-refractivity contribution >= 4 is 34.8 Å². The normalized spacial score (nSPS) is 8.58. The van der Waals surface area contributed by atoms with Crippen LogP contribution in [0.5, 0.6) is 17.4 Å². The second kappa shape index (κ2) is 19.7. The van der Waals surface area contributed by atoms with Crippen LogP contribution in [0.2, 0.25) is 15.7 Å². The molecule has 4 aromatic rings. The average molecular weight is 510 g/mol. The molecule has 33 heavy (non-hydrogen) atoms. The van der Waals surface area contributed by atoms with Crippen molar-refractivity contribution in [3.05, 3.63) is 101 Å². The summed E-state index contributed by atoms with van der Waals surface area (Å²) in [7, 11) is 0. The minimum absolute atomic E-state index is 0.178. The van der Waals surface area contributed by atoms with Gasteiger partial charge in [-0.15, -0.1) is 0 Å². The van der Waals surface area contributed by atoms with Crippen LogP contribution in [0, 0.1) is 0 Å². The van der Waals surface area contributed by atoms with Gasteiger partial charge in [0, 0.05) is 18.5 Å². The highest BCUT2D eigenvalue weighted by Crippen LogP contribution is 2.18. The van der Waals surface area contributed by atoms with Gasteiger partial charge in [0.25, 0.3) is 0 Å². The van der Waals surface area contributed by atoms with Crippen LogP contribution in [-0.4, -0.2) is 25.0 Å². The van der Waals surface area contributed by atoms with Crippen LogP contribution in [-0.2, 0) is 0 Å². The van der Waals surface area contributed by atoms with Crippen molar-refractivity contribution < 1.29 is 9.84 Å². The zero-order chi connectivity index (χ0) is 24.9. The minimum Gasteiger partial charge on any atom is -0.508 e. The molecule has 0 aliphatic rings. The fraction of sp³-hybridized carbons (Fsp3) is 0.167. The first-order valence-corrected chi connectivity index (χ1v) is 11.3. The molecule has 0 radical (unpaired) electrons. The van der Waals surface area contributed by atoms with Gasteiger partial charge in [0.1, 0.15) is 16.7 Å². The molecular formula is C24H27Cl3N4O2. The molecule has 0 saturated carbocycles. The van der Waals surface area contributed by atoms with Crippen molar-refractivity contribution in [3.63, 3.8) is 0 Å². The highest BCUT2D eigenvalue weighted by Gasteiger charge is 1.98. The molecule has 176 valence electrons. The topological polar surface area (TPSA) is 81.0 Å². The van der Waals surface area contributed by atoms with Gasteiger partial charge in [-0.2, -0.15) is 4.98 Å². The fourth-order valence-corrected chi connectivity index (χ4v) is 2.19. The van der Waals surface area contributed by atoms with Crippen LogP contribution in [0.4, 0.5) is 0 Å². The summed E-state index contributed by atoms with van der Waals surface area (Å²) in [6.07, 6.45) is 3.05. The van der Waals surface area contributed by atoms with E-state index in [0.717, 1.165) is 5.75 Å². The standard InChI is InChI=1S/C10H7ClN2O.C6H6O.C4H2Cl2N2.2C2H6/c11-10-12-7-6-9(13-10)14-8-4-2-1-3-5-8;7-6-4-2-1-3-5-6;5-3-1-2-7-4(6)8-3;2*1-2/h1-7H;1-5,7H;1-2H;2*1-2H3. The Labute approximate surface area is 210 Å². The van der Waals surface area contributed by atoms with Crippen LogP contribution < -0.4 is 4.74 Å². The van der Waals surface area contributed by atoms with E-state index >= 15 is 0 Å². The number of hydrogen-bond donors (Lipinski definition) is 1. The quantitative estimate of drug-likeness (QED) is 0.217. The SMILES string of the molecule is CC.CC.Clc1ccnc(Cl)n1.Clc1nccc(Oc2ccccc2)n1.Oc1ccccc1. The molecule has 0 amide bonds. The first-order chi connectivity index (χ1) is 16.0. The lowest BCUT2D eigenvalue weighted by molar-refractivity contribution is 0.461. The number of para-hydroxylation sites is 2. The Morgan fingerprint density at radius 1 is 0.636 bits per heavy atom. The number of aromatic hydroxyl groups is 1. The van der Waals surface area contributed by atoms with Crippen LogP contribution >= 0.6 is 34.8 Å². The Kier molecular flexibility index (Phi) is 18.0. The zero-order valence-corrected chi connectivity index (χ0v) is 21.1. The summed E-state index contributed by atoms with van der Waals surface area (Å²) in [6.45, 7) is 8.00. The molecular weight excluding hydrogens is 483 g/mol. The number of phenols is 1. The van der Waals surface area contributed by atoms with E-state index in [0.29, 0.717) is 16.8 Å². The predicted octanol–water partition coefficient (Wildman–Crippen LogP) is 8.15. The van der Waals surface area contributed by atoms with Gasteiger partial charge in [-0.3, -0.25) is 0 Å². The molecule has 0 aliphatic carbocycles. The van der Waals surface area contributed by atoms with Gasteiger partial charge < -0.3 is 9.84 Å². The van der Waals surface area contributed by atoms with Crippen molar-refractivity contribution in [2.45, 2.75) is 27.7 Å². The lowest BCUT2D eigenvalue weighted by atomic mass is 10.3. The highest BCUT2D eigenvalue weighted by atomic mass is 35.5. The number of nitrogens with zero attached hydrogens (tertiary/aromatic N) is 4. The maximum Gasteiger partial charge on any atom is 0.225 e. The van der Waals surface area contributed by atoms with Gasteiger partial charge in [-0.25, -0.2) is 15.0 Å². The monoisotopic (exact) mass is 508 g/mol. The van der Waals surface area contributed by atoms with E-state index in [9.17, 15) is 0 Å². The smallest absolute Gasteiger partial charge is 0.225 e. The highest BCUT2D eigenvalue weighted by molar-refractivity contribution is 6.31. The van der Waals surface area contributed by atoms with Crippen LogP contribution in [0.3, 0.4) is 0 Å². The lowest BCUT2D eigenvalue weighted by Crippen LogP contribution is -1.88. The average Bonchev–Trinajstić information content (AvgIpc) is 2.84. The Hall–Kier alpha value is -2.93. The van der Waals surface area contributed by atoms with E-state index < -0.39 is 0 Å². The summed E-state index contributed by atoms with van der Waals surface area (Å²) < 4.78 is 5.42. The Balaban J connectivity index is 0.000000462. The summed E-state index contributed by atoms with van der Waals surface area (Å²) in [5.41, 5.74) is 0. The number of rotatable bonds is 2. The van der Waals surface area contributed by atoms with Crippen LogP contribution in [0.1, 0.15) is 27.7 Å². The number of halogens is 3. The summed E-state index contributed by atoms with van der Waals surface area (Å²) in [5, 5.41) is 9.36. The van der Waals surface area contributed by atoms with E-state index in [4.69, 9.17) is 44.6 Å². The summed E-state index contributed by atoms with van der Waals surface area (Å²) in [6, 6.07) is 21.3. The number of phenolic OH excluding ortho intramolecular Hbond substituents is 1. The van der Waals surface area contributed by atoms with E-state index in [1.54, 1.807) is 42.6 Å². The zero-order valence-electron chi connectivity index (χ0n) is 18.9. The van der Waals surface area contributed by atoms with Crippen molar-refractivity contribution in [3.8, 4) is 17.4 Å². The van der Waals surface area contributed by atoms with Gasteiger partial charge in [0.15, 0.2) is 0 Å². The first-order valence-electron chi connectivity index (χ1n) is 10.1. The van der Waals surface area contributed by atoms with Crippen LogP contribution in [0.15, 0.2) is 85.2 Å². The Morgan fingerprint density at radius 2 is 1.12 bits per heavy atom. The maximum absolute atomic E-state index is 8.63. The van der Waals surface area contributed by atoms with Gasteiger partial charge in [0.05, 0.1) is 0 Å². The number of ether oxygens (including phenoxy) is 1.